The van der Waals surface area contributed by atoms with Gasteiger partial charge in [-0.2, -0.15) is 4.31 Å². The molecule has 118 valence electrons. The Morgan fingerprint density at radius 1 is 1.10 bits per heavy atom. The van der Waals surface area contributed by atoms with Gasteiger partial charge in [0.05, 0.1) is 4.90 Å². The molecule has 5 heteroatoms. The highest BCUT2D eigenvalue weighted by molar-refractivity contribution is 7.89. The average molecular weight is 310 g/mol. The molecule has 0 atom stereocenters. The summed E-state index contributed by atoms with van der Waals surface area (Å²) in [5.41, 5.74) is 1.17. The normalized spacial score (nSPS) is 17.3. The van der Waals surface area contributed by atoms with Crippen LogP contribution in [0.3, 0.4) is 0 Å². The zero-order chi connectivity index (χ0) is 15.3. The van der Waals surface area contributed by atoms with Crippen molar-refractivity contribution in [3.63, 3.8) is 0 Å². The highest BCUT2D eigenvalue weighted by Crippen LogP contribution is 2.20. The van der Waals surface area contributed by atoms with Crippen molar-refractivity contribution in [3.8, 4) is 0 Å². The fraction of sp³-hybridized carbons (Fsp3) is 0.625. The molecule has 0 unspecified atom stereocenters. The first-order valence-corrected chi connectivity index (χ1v) is 9.26. The van der Waals surface area contributed by atoms with Gasteiger partial charge in [0.2, 0.25) is 10.0 Å². The Balaban J connectivity index is 2.00. The SMILES string of the molecule is CC(C)NCCc1ccc(S(=O)(=O)N2CCCCC2)cc1. The number of nitrogens with one attached hydrogen (secondary N) is 1. The first kappa shape index (κ1) is 16.5. The topological polar surface area (TPSA) is 49.4 Å². The minimum Gasteiger partial charge on any atom is -0.314 e. The Morgan fingerprint density at radius 2 is 1.71 bits per heavy atom. The van der Waals surface area contributed by atoms with Crippen LogP contribution in [0.5, 0.6) is 0 Å². The molecule has 0 spiro atoms. The lowest BCUT2D eigenvalue weighted by atomic mass is 10.1. The van der Waals surface area contributed by atoms with Gasteiger partial charge in [-0.1, -0.05) is 32.4 Å². The van der Waals surface area contributed by atoms with Crippen LogP contribution in [0.15, 0.2) is 29.2 Å². The van der Waals surface area contributed by atoms with Gasteiger partial charge in [-0.3, -0.25) is 0 Å². The second-order valence-corrected chi connectivity index (χ2v) is 7.91. The smallest absolute Gasteiger partial charge is 0.243 e. The lowest BCUT2D eigenvalue weighted by molar-refractivity contribution is 0.346. The van der Waals surface area contributed by atoms with Gasteiger partial charge in [0.1, 0.15) is 0 Å². The molecule has 21 heavy (non-hydrogen) atoms. The van der Waals surface area contributed by atoms with E-state index >= 15 is 0 Å². The van der Waals surface area contributed by atoms with E-state index in [0.717, 1.165) is 32.2 Å². The molecule has 1 aliphatic rings. The van der Waals surface area contributed by atoms with Crippen molar-refractivity contribution >= 4 is 10.0 Å². The summed E-state index contributed by atoms with van der Waals surface area (Å²) in [6.07, 6.45) is 3.99. The molecule has 0 bridgehead atoms. The van der Waals surface area contributed by atoms with Gasteiger partial charge < -0.3 is 5.32 Å². The molecule has 1 heterocycles. The number of benzene rings is 1. The lowest BCUT2D eigenvalue weighted by Crippen LogP contribution is -2.35. The van der Waals surface area contributed by atoms with Crippen molar-refractivity contribution in [2.24, 2.45) is 0 Å². The van der Waals surface area contributed by atoms with Gasteiger partial charge in [0, 0.05) is 19.1 Å². The van der Waals surface area contributed by atoms with Crippen LogP contribution < -0.4 is 5.32 Å². The fourth-order valence-electron chi connectivity index (χ4n) is 2.59. The number of rotatable bonds is 6. The van der Waals surface area contributed by atoms with E-state index in [1.54, 1.807) is 16.4 Å². The first-order chi connectivity index (χ1) is 10.00. The summed E-state index contributed by atoms with van der Waals surface area (Å²) in [5.74, 6) is 0. The number of piperidine rings is 1. The predicted molar refractivity (Wildman–Crippen MR) is 85.9 cm³/mol. The third kappa shape index (κ3) is 4.53. The highest BCUT2D eigenvalue weighted by Gasteiger charge is 2.25. The molecule has 1 saturated heterocycles. The first-order valence-electron chi connectivity index (χ1n) is 7.82. The molecule has 1 aromatic carbocycles. The lowest BCUT2D eigenvalue weighted by Gasteiger charge is -2.25. The maximum Gasteiger partial charge on any atom is 0.243 e. The van der Waals surface area contributed by atoms with Gasteiger partial charge >= 0.3 is 0 Å². The molecule has 4 nitrogen and oxygen atoms in total. The van der Waals surface area contributed by atoms with E-state index in [9.17, 15) is 8.42 Å². The molecule has 0 saturated carbocycles. The predicted octanol–water partition coefficient (Wildman–Crippen LogP) is 2.40. The van der Waals surface area contributed by atoms with Crippen molar-refractivity contribution < 1.29 is 8.42 Å². The van der Waals surface area contributed by atoms with Gasteiger partial charge in [0.15, 0.2) is 0 Å². The zero-order valence-electron chi connectivity index (χ0n) is 13.0. The van der Waals surface area contributed by atoms with E-state index in [4.69, 9.17) is 0 Å². The number of hydrogen-bond acceptors (Lipinski definition) is 3. The summed E-state index contributed by atoms with van der Waals surface area (Å²) in [5, 5.41) is 3.36. The standard InChI is InChI=1S/C16H26N2O2S/c1-14(2)17-11-10-15-6-8-16(9-7-15)21(19,20)18-12-4-3-5-13-18/h6-9,14,17H,3-5,10-13H2,1-2H3. The summed E-state index contributed by atoms with van der Waals surface area (Å²) in [4.78, 5) is 0.421. The minimum absolute atomic E-state index is 0.421. The molecule has 0 aromatic heterocycles. The molecule has 1 fully saturated rings. The fourth-order valence-corrected chi connectivity index (χ4v) is 4.10. The van der Waals surface area contributed by atoms with Crippen molar-refractivity contribution in [1.82, 2.24) is 9.62 Å². The molecule has 2 rings (SSSR count). The molecular weight excluding hydrogens is 284 g/mol. The van der Waals surface area contributed by atoms with Gasteiger partial charge in [-0.25, -0.2) is 8.42 Å². The summed E-state index contributed by atoms with van der Waals surface area (Å²) < 4.78 is 26.6. The molecule has 1 N–H and O–H groups in total. The zero-order valence-corrected chi connectivity index (χ0v) is 13.8. The van der Waals surface area contributed by atoms with Crippen molar-refractivity contribution in [2.75, 3.05) is 19.6 Å². The Labute approximate surface area is 128 Å². The molecule has 1 aromatic rings. The van der Waals surface area contributed by atoms with Gasteiger partial charge in [-0.15, -0.1) is 0 Å². The van der Waals surface area contributed by atoms with Crippen LogP contribution in [0, 0.1) is 0 Å². The van der Waals surface area contributed by atoms with Crippen molar-refractivity contribution in [2.45, 2.75) is 50.5 Å². The number of nitrogens with zero attached hydrogens (tertiary/aromatic N) is 1. The quantitative estimate of drug-likeness (QED) is 0.878. The summed E-state index contributed by atoms with van der Waals surface area (Å²) >= 11 is 0. The molecule has 0 aliphatic carbocycles. The minimum atomic E-state index is -3.30. The largest absolute Gasteiger partial charge is 0.314 e. The van der Waals surface area contributed by atoms with E-state index in [1.807, 2.05) is 12.1 Å². The van der Waals surface area contributed by atoms with Crippen molar-refractivity contribution in [1.29, 1.82) is 0 Å². The van der Waals surface area contributed by atoms with E-state index in [2.05, 4.69) is 19.2 Å². The second kappa shape index (κ2) is 7.38. The Bertz CT molecular complexity index is 532. The van der Waals surface area contributed by atoms with E-state index in [-0.39, 0.29) is 0 Å². The number of sulfonamides is 1. The van der Waals surface area contributed by atoms with Crippen LogP contribution in [0.2, 0.25) is 0 Å². The Kier molecular flexibility index (Phi) is 5.79. The van der Waals surface area contributed by atoms with Crippen LogP contribution in [-0.4, -0.2) is 38.4 Å². The molecule has 0 radical (unpaired) electrons. The van der Waals surface area contributed by atoms with Gasteiger partial charge in [0.25, 0.3) is 0 Å². The number of hydrogen-bond donors (Lipinski definition) is 1. The van der Waals surface area contributed by atoms with Crippen LogP contribution in [0.1, 0.15) is 38.7 Å². The molecule has 0 amide bonds. The van der Waals surface area contributed by atoms with Crippen LogP contribution in [-0.2, 0) is 16.4 Å². The third-order valence-electron chi connectivity index (χ3n) is 3.84. The average Bonchev–Trinajstić information content (AvgIpc) is 2.48. The van der Waals surface area contributed by atoms with Gasteiger partial charge in [-0.05, 0) is 43.5 Å². The van der Waals surface area contributed by atoms with E-state index in [0.29, 0.717) is 24.0 Å². The third-order valence-corrected chi connectivity index (χ3v) is 5.76. The summed E-state index contributed by atoms with van der Waals surface area (Å²) in [6, 6.07) is 7.82. The maximum atomic E-state index is 12.5. The van der Waals surface area contributed by atoms with Crippen LogP contribution in [0.25, 0.3) is 0 Å². The summed E-state index contributed by atoms with van der Waals surface area (Å²) in [7, 11) is -3.30. The second-order valence-electron chi connectivity index (χ2n) is 5.97. The molecular formula is C16H26N2O2S. The van der Waals surface area contributed by atoms with Crippen LogP contribution >= 0.6 is 0 Å². The Hall–Kier alpha value is -0.910. The monoisotopic (exact) mass is 310 g/mol. The highest BCUT2D eigenvalue weighted by atomic mass is 32.2. The van der Waals surface area contributed by atoms with Crippen LogP contribution in [0.4, 0.5) is 0 Å². The van der Waals surface area contributed by atoms with E-state index in [1.165, 1.54) is 5.56 Å². The Morgan fingerprint density at radius 3 is 2.29 bits per heavy atom. The maximum absolute atomic E-state index is 12.5. The summed E-state index contributed by atoms with van der Waals surface area (Å²) in [6.45, 7) is 6.46. The van der Waals surface area contributed by atoms with E-state index < -0.39 is 10.0 Å². The molecule has 1 aliphatic heterocycles. The van der Waals surface area contributed by atoms with Crippen molar-refractivity contribution in [3.05, 3.63) is 29.8 Å².